The summed E-state index contributed by atoms with van der Waals surface area (Å²) in [5.41, 5.74) is 0. The molecule has 1 fully saturated rings. The highest BCUT2D eigenvalue weighted by Gasteiger charge is 2.15. The second-order valence-corrected chi connectivity index (χ2v) is 3.54. The van der Waals surface area contributed by atoms with Crippen molar-refractivity contribution in [2.24, 2.45) is 0 Å². The zero-order valence-corrected chi connectivity index (χ0v) is 8.30. The third-order valence-electron chi connectivity index (χ3n) is 2.49. The normalized spacial score (nSPS) is 16.4. The summed E-state index contributed by atoms with van der Waals surface area (Å²) in [6.07, 6.45) is 6.24. The number of piperidine rings is 1. The number of nitro groups is 1. The molecule has 0 saturated carbocycles. The van der Waals surface area contributed by atoms with Crippen LogP contribution in [0, 0.1) is 10.1 Å². The molecule has 0 aromatic carbocycles. The van der Waals surface area contributed by atoms with Crippen molar-refractivity contribution in [3.05, 3.63) is 22.5 Å². The average molecular weight is 208 g/mol. The van der Waals surface area contributed by atoms with Gasteiger partial charge in [0.25, 0.3) is 0 Å². The second-order valence-electron chi connectivity index (χ2n) is 3.54. The largest absolute Gasteiger partial charge is 0.382 e. The SMILES string of the molecule is O=[N+]([O-])c1cnc(N2CCCCC2)cn1. The Bertz CT molecular complexity index is 346. The van der Waals surface area contributed by atoms with Gasteiger partial charge in [0.2, 0.25) is 0 Å². The van der Waals surface area contributed by atoms with E-state index in [0.29, 0.717) is 0 Å². The molecule has 0 radical (unpaired) electrons. The molecule has 0 unspecified atom stereocenters. The molecule has 0 spiro atoms. The molecule has 2 heterocycles. The summed E-state index contributed by atoms with van der Waals surface area (Å²) >= 11 is 0. The first kappa shape index (κ1) is 9.82. The van der Waals surface area contributed by atoms with Gasteiger partial charge in [-0.15, -0.1) is 0 Å². The van der Waals surface area contributed by atoms with Crippen LogP contribution in [0.3, 0.4) is 0 Å². The molecule has 6 heteroatoms. The van der Waals surface area contributed by atoms with Crippen molar-refractivity contribution in [2.75, 3.05) is 18.0 Å². The van der Waals surface area contributed by atoms with Crippen molar-refractivity contribution in [1.82, 2.24) is 9.97 Å². The van der Waals surface area contributed by atoms with Gasteiger partial charge < -0.3 is 15.0 Å². The predicted octanol–water partition coefficient (Wildman–Crippen LogP) is 1.38. The first-order valence-electron chi connectivity index (χ1n) is 4.99. The van der Waals surface area contributed by atoms with Crippen LogP contribution in [-0.4, -0.2) is 28.0 Å². The topological polar surface area (TPSA) is 72.2 Å². The molecule has 0 N–H and O–H groups in total. The van der Waals surface area contributed by atoms with E-state index in [1.165, 1.54) is 18.8 Å². The minimum Gasteiger partial charge on any atom is -0.358 e. The lowest BCUT2D eigenvalue weighted by Crippen LogP contribution is -2.30. The van der Waals surface area contributed by atoms with Crippen LogP contribution in [0.4, 0.5) is 11.6 Å². The molecule has 1 aromatic heterocycles. The number of anilines is 1. The monoisotopic (exact) mass is 208 g/mol. The molecular weight excluding hydrogens is 196 g/mol. The van der Waals surface area contributed by atoms with Crippen LogP contribution in [-0.2, 0) is 0 Å². The van der Waals surface area contributed by atoms with E-state index in [1.807, 2.05) is 0 Å². The minimum absolute atomic E-state index is 0.198. The molecule has 1 aromatic rings. The predicted molar refractivity (Wildman–Crippen MR) is 54.8 cm³/mol. The number of rotatable bonds is 2. The van der Waals surface area contributed by atoms with Crippen LogP contribution in [0.1, 0.15) is 19.3 Å². The molecule has 0 atom stereocenters. The molecule has 80 valence electrons. The second kappa shape index (κ2) is 4.20. The van der Waals surface area contributed by atoms with Crippen molar-refractivity contribution in [1.29, 1.82) is 0 Å². The van der Waals surface area contributed by atoms with Crippen molar-refractivity contribution in [3.63, 3.8) is 0 Å². The van der Waals surface area contributed by atoms with Crippen LogP contribution < -0.4 is 4.90 Å². The highest BCUT2D eigenvalue weighted by Crippen LogP contribution is 2.17. The third-order valence-corrected chi connectivity index (χ3v) is 2.49. The molecule has 0 amide bonds. The van der Waals surface area contributed by atoms with Gasteiger partial charge in [-0.1, -0.05) is 0 Å². The molecule has 6 nitrogen and oxygen atoms in total. The van der Waals surface area contributed by atoms with E-state index in [1.54, 1.807) is 0 Å². The van der Waals surface area contributed by atoms with E-state index in [-0.39, 0.29) is 5.82 Å². The van der Waals surface area contributed by atoms with Crippen molar-refractivity contribution in [3.8, 4) is 0 Å². The maximum absolute atomic E-state index is 10.4. The summed E-state index contributed by atoms with van der Waals surface area (Å²) < 4.78 is 0. The molecule has 15 heavy (non-hydrogen) atoms. The molecule has 0 aliphatic carbocycles. The van der Waals surface area contributed by atoms with Crippen LogP contribution in [0.5, 0.6) is 0 Å². The lowest BCUT2D eigenvalue weighted by molar-refractivity contribution is -0.389. The third kappa shape index (κ3) is 2.20. The number of hydrogen-bond acceptors (Lipinski definition) is 5. The van der Waals surface area contributed by atoms with Gasteiger partial charge in [-0.3, -0.25) is 0 Å². The van der Waals surface area contributed by atoms with Crippen molar-refractivity contribution in [2.45, 2.75) is 19.3 Å². The standard InChI is InChI=1S/C9H12N4O2/c14-13(15)9-7-10-8(6-11-9)12-4-2-1-3-5-12/h6-7H,1-5H2. The Kier molecular flexibility index (Phi) is 2.75. The van der Waals surface area contributed by atoms with E-state index in [9.17, 15) is 10.1 Å². The van der Waals surface area contributed by atoms with Crippen LogP contribution in [0.15, 0.2) is 12.4 Å². The minimum atomic E-state index is -0.535. The summed E-state index contributed by atoms with van der Waals surface area (Å²) in [5.74, 6) is 0.538. The van der Waals surface area contributed by atoms with Gasteiger partial charge in [0.05, 0.1) is 0 Å². The number of hydrogen-bond donors (Lipinski definition) is 0. The summed E-state index contributed by atoms with van der Waals surface area (Å²) in [5, 5.41) is 10.4. The van der Waals surface area contributed by atoms with Gasteiger partial charge >= 0.3 is 5.82 Å². The van der Waals surface area contributed by atoms with Crippen LogP contribution in [0.25, 0.3) is 0 Å². The quantitative estimate of drug-likeness (QED) is 0.542. The summed E-state index contributed by atoms with van der Waals surface area (Å²) in [7, 11) is 0. The maximum atomic E-state index is 10.4. The lowest BCUT2D eigenvalue weighted by Gasteiger charge is -2.26. The van der Waals surface area contributed by atoms with E-state index in [0.717, 1.165) is 31.7 Å². The summed E-state index contributed by atoms with van der Waals surface area (Å²) in [6, 6.07) is 0. The molecule has 2 rings (SSSR count). The lowest BCUT2D eigenvalue weighted by atomic mass is 10.1. The Morgan fingerprint density at radius 1 is 1.20 bits per heavy atom. The van der Waals surface area contributed by atoms with Crippen LogP contribution in [0.2, 0.25) is 0 Å². The highest BCUT2D eigenvalue weighted by molar-refractivity contribution is 5.37. The Morgan fingerprint density at radius 2 is 1.93 bits per heavy atom. The summed E-state index contributed by atoms with van der Waals surface area (Å²) in [4.78, 5) is 19.8. The zero-order chi connectivity index (χ0) is 10.7. The van der Waals surface area contributed by atoms with Crippen molar-refractivity contribution >= 4 is 11.6 Å². The fraction of sp³-hybridized carbons (Fsp3) is 0.556. The van der Waals surface area contributed by atoms with Crippen molar-refractivity contribution < 1.29 is 4.92 Å². The van der Waals surface area contributed by atoms with Gasteiger partial charge in [-0.2, -0.15) is 0 Å². The van der Waals surface area contributed by atoms with Gasteiger partial charge in [0, 0.05) is 13.1 Å². The maximum Gasteiger partial charge on any atom is 0.382 e. The van der Waals surface area contributed by atoms with E-state index >= 15 is 0 Å². The van der Waals surface area contributed by atoms with E-state index in [2.05, 4.69) is 14.9 Å². The fourth-order valence-corrected chi connectivity index (χ4v) is 1.69. The Morgan fingerprint density at radius 3 is 2.47 bits per heavy atom. The number of nitrogens with zero attached hydrogens (tertiary/aromatic N) is 4. The first-order chi connectivity index (χ1) is 7.27. The molecule has 1 aliphatic heterocycles. The molecule has 0 bridgehead atoms. The van der Waals surface area contributed by atoms with Gasteiger partial charge in [0.15, 0.2) is 12.0 Å². The highest BCUT2D eigenvalue weighted by atomic mass is 16.6. The molecule has 1 aliphatic rings. The first-order valence-corrected chi connectivity index (χ1v) is 4.99. The van der Waals surface area contributed by atoms with Gasteiger partial charge in [-0.25, -0.2) is 4.98 Å². The molecular formula is C9H12N4O2. The smallest absolute Gasteiger partial charge is 0.358 e. The average Bonchev–Trinajstić information content (AvgIpc) is 2.30. The van der Waals surface area contributed by atoms with Gasteiger partial charge in [-0.05, 0) is 29.2 Å². The number of aromatic nitrogens is 2. The Balaban J connectivity index is 2.11. The fourth-order valence-electron chi connectivity index (χ4n) is 1.69. The van der Waals surface area contributed by atoms with Crippen LogP contribution >= 0.6 is 0 Å². The Hall–Kier alpha value is -1.72. The van der Waals surface area contributed by atoms with E-state index < -0.39 is 4.92 Å². The Labute approximate surface area is 87.1 Å². The van der Waals surface area contributed by atoms with E-state index in [4.69, 9.17) is 0 Å². The zero-order valence-electron chi connectivity index (χ0n) is 8.30. The summed E-state index contributed by atoms with van der Waals surface area (Å²) in [6.45, 7) is 1.93. The van der Waals surface area contributed by atoms with Gasteiger partial charge in [0.1, 0.15) is 6.20 Å². The molecule has 1 saturated heterocycles.